The molecule has 2 aromatic rings. The van der Waals surface area contributed by atoms with Crippen molar-refractivity contribution in [2.24, 2.45) is 16.6 Å². The number of carbonyl (C=O) groups is 1. The van der Waals surface area contributed by atoms with Crippen LogP contribution in [0.1, 0.15) is 43.5 Å². The molecule has 10 heteroatoms. The molecule has 5 atom stereocenters. The van der Waals surface area contributed by atoms with E-state index in [1.54, 1.807) is 18.7 Å². The number of nitrogens with zero attached hydrogens (tertiary/aromatic N) is 4. The summed E-state index contributed by atoms with van der Waals surface area (Å²) in [4.78, 5) is 26.9. The van der Waals surface area contributed by atoms with Crippen molar-refractivity contribution in [1.82, 2.24) is 9.88 Å². The third-order valence-corrected chi connectivity index (χ3v) is 8.74. The SMILES string of the molecule is [C-]#[N+]c1ccc(/C(F)=C/c2ccc(F)c([C@@]3(C)N=C(N)S[C@@]4(C(=O)N5CC[C@H](F)[C@@H]5C)C[C@H]43)c2)nc1. The second-order valence-electron chi connectivity index (χ2n) is 9.63. The maximum atomic E-state index is 15.2. The molecule has 186 valence electrons. The van der Waals surface area contributed by atoms with Crippen LogP contribution in [0.3, 0.4) is 0 Å². The van der Waals surface area contributed by atoms with Crippen LogP contribution in [-0.2, 0) is 10.3 Å². The summed E-state index contributed by atoms with van der Waals surface area (Å²) in [5.41, 5.74) is 5.95. The molecule has 1 aromatic carbocycles. The molecule has 5 rings (SSSR count). The molecule has 36 heavy (non-hydrogen) atoms. The summed E-state index contributed by atoms with van der Waals surface area (Å²) in [6.45, 7) is 10.7. The molecular weight excluding hydrogens is 487 g/mol. The molecular formula is C26H24F3N5OS. The lowest BCUT2D eigenvalue weighted by Gasteiger charge is -2.36. The number of likely N-dealkylation sites (tertiary alicyclic amines) is 1. The smallest absolute Gasteiger partial charge is 0.240 e. The van der Waals surface area contributed by atoms with Crippen molar-refractivity contribution >= 4 is 40.4 Å². The Hall–Kier alpha value is -3.32. The third-order valence-electron chi connectivity index (χ3n) is 7.45. The number of halogens is 3. The summed E-state index contributed by atoms with van der Waals surface area (Å²) < 4.78 is 43.3. The van der Waals surface area contributed by atoms with Gasteiger partial charge in [0.2, 0.25) is 11.6 Å². The minimum atomic E-state index is -1.15. The molecule has 0 radical (unpaired) electrons. The van der Waals surface area contributed by atoms with Crippen molar-refractivity contribution in [2.75, 3.05) is 6.54 Å². The Bertz CT molecular complexity index is 1340. The highest BCUT2D eigenvalue weighted by molar-refractivity contribution is 8.15. The van der Waals surface area contributed by atoms with E-state index < -0.39 is 34.1 Å². The first-order chi connectivity index (χ1) is 17.1. The van der Waals surface area contributed by atoms with Crippen LogP contribution in [0.25, 0.3) is 16.7 Å². The minimum absolute atomic E-state index is 0.0496. The van der Waals surface area contributed by atoms with E-state index in [1.165, 1.54) is 54.4 Å². The van der Waals surface area contributed by atoms with E-state index in [9.17, 15) is 13.6 Å². The van der Waals surface area contributed by atoms with Gasteiger partial charge in [-0.05, 0) is 56.5 Å². The molecule has 1 saturated heterocycles. The van der Waals surface area contributed by atoms with Gasteiger partial charge in [0.1, 0.15) is 22.6 Å². The number of hydrogen-bond acceptors (Lipinski definition) is 5. The number of hydrogen-bond donors (Lipinski definition) is 1. The number of aliphatic imine (C=N–C) groups is 1. The summed E-state index contributed by atoms with van der Waals surface area (Å²) in [5.74, 6) is -1.71. The van der Waals surface area contributed by atoms with Crippen LogP contribution in [0.4, 0.5) is 18.9 Å². The van der Waals surface area contributed by atoms with Gasteiger partial charge in [0, 0.05) is 24.2 Å². The zero-order chi connectivity index (χ0) is 25.8. The van der Waals surface area contributed by atoms with Crippen LogP contribution in [-0.4, -0.2) is 44.5 Å². The molecule has 3 aliphatic rings. The highest BCUT2D eigenvalue weighted by Gasteiger charge is 2.71. The van der Waals surface area contributed by atoms with Crippen LogP contribution in [0.15, 0.2) is 41.5 Å². The van der Waals surface area contributed by atoms with Gasteiger partial charge in [0.15, 0.2) is 5.17 Å². The molecule has 2 aliphatic heterocycles. The van der Waals surface area contributed by atoms with Crippen LogP contribution < -0.4 is 5.73 Å². The van der Waals surface area contributed by atoms with Gasteiger partial charge in [-0.1, -0.05) is 23.9 Å². The van der Waals surface area contributed by atoms with Crippen molar-refractivity contribution in [2.45, 2.75) is 49.2 Å². The first-order valence-electron chi connectivity index (χ1n) is 11.6. The molecule has 0 unspecified atom stereocenters. The average Bonchev–Trinajstić information content (AvgIpc) is 3.52. The van der Waals surface area contributed by atoms with E-state index in [-0.39, 0.29) is 28.3 Å². The second-order valence-corrected chi connectivity index (χ2v) is 11.0. The van der Waals surface area contributed by atoms with E-state index in [4.69, 9.17) is 12.3 Å². The molecule has 6 nitrogen and oxygen atoms in total. The lowest BCUT2D eigenvalue weighted by atomic mass is 9.84. The van der Waals surface area contributed by atoms with Crippen molar-refractivity contribution in [3.05, 3.63) is 70.6 Å². The number of amidine groups is 1. The zero-order valence-electron chi connectivity index (χ0n) is 19.7. The molecule has 3 heterocycles. The van der Waals surface area contributed by atoms with Crippen LogP contribution in [0.2, 0.25) is 0 Å². The number of aromatic nitrogens is 1. The molecule has 0 spiro atoms. The lowest BCUT2D eigenvalue weighted by Crippen LogP contribution is -2.48. The number of fused-ring (bicyclic) bond motifs is 1. The van der Waals surface area contributed by atoms with E-state index >= 15 is 4.39 Å². The Labute approximate surface area is 211 Å². The quantitative estimate of drug-likeness (QED) is 0.570. The van der Waals surface area contributed by atoms with Crippen molar-refractivity contribution < 1.29 is 18.0 Å². The van der Waals surface area contributed by atoms with Crippen molar-refractivity contribution in [1.29, 1.82) is 0 Å². The van der Waals surface area contributed by atoms with Crippen molar-refractivity contribution in [3.8, 4) is 0 Å². The summed E-state index contributed by atoms with van der Waals surface area (Å²) >= 11 is 1.17. The summed E-state index contributed by atoms with van der Waals surface area (Å²) in [6, 6.07) is 6.54. The Balaban J connectivity index is 1.48. The summed E-state index contributed by atoms with van der Waals surface area (Å²) in [7, 11) is 0. The fourth-order valence-corrected chi connectivity index (χ4v) is 6.76. The number of benzene rings is 1. The molecule has 0 bridgehead atoms. The Kier molecular flexibility index (Phi) is 5.86. The maximum absolute atomic E-state index is 15.2. The average molecular weight is 512 g/mol. The predicted octanol–water partition coefficient (Wildman–Crippen LogP) is 5.23. The number of thioether (sulfide) groups is 1. The highest BCUT2D eigenvalue weighted by Crippen LogP contribution is 2.66. The molecule has 1 saturated carbocycles. The Morgan fingerprint density at radius 3 is 2.78 bits per heavy atom. The van der Waals surface area contributed by atoms with Gasteiger partial charge in [0.05, 0.1) is 23.8 Å². The summed E-state index contributed by atoms with van der Waals surface area (Å²) in [5, 5.41) is 0.166. The van der Waals surface area contributed by atoms with Crippen LogP contribution in [0.5, 0.6) is 0 Å². The van der Waals surface area contributed by atoms with E-state index in [1.807, 2.05) is 0 Å². The standard InChI is InChI=1S/C26H24F3N5OS/c1-14-18(27)8-9-34(14)23(35)26-12-22(26)25(2,33-24(30)36-26)17-10-15(4-6-19(17)28)11-20(29)21-7-5-16(31-3)13-32-21/h4-7,10-11,13-14,18,22H,8-9,12H2,1-2H3,(H2,30,33)/b20-11-/t14-,18-,22-,25+,26-/m0/s1. The zero-order valence-corrected chi connectivity index (χ0v) is 20.5. The third kappa shape index (κ3) is 3.86. The first kappa shape index (κ1) is 24.4. The summed E-state index contributed by atoms with van der Waals surface area (Å²) in [6.07, 6.45) is 2.16. The van der Waals surface area contributed by atoms with Crippen molar-refractivity contribution in [3.63, 3.8) is 0 Å². The number of nitrogens with two attached hydrogens (primary N) is 1. The first-order valence-corrected chi connectivity index (χ1v) is 12.4. The van der Waals surface area contributed by atoms with Crippen LogP contribution in [0, 0.1) is 18.3 Å². The van der Waals surface area contributed by atoms with Gasteiger partial charge in [-0.25, -0.2) is 18.0 Å². The fraction of sp³-hybridized carbons (Fsp3) is 0.385. The highest BCUT2D eigenvalue weighted by atomic mass is 32.2. The van der Waals surface area contributed by atoms with Crippen LogP contribution >= 0.6 is 11.8 Å². The van der Waals surface area contributed by atoms with Gasteiger partial charge in [-0.15, -0.1) is 0 Å². The topological polar surface area (TPSA) is 75.9 Å². The molecule has 1 aromatic heterocycles. The monoisotopic (exact) mass is 511 g/mol. The largest absolute Gasteiger partial charge is 0.378 e. The van der Waals surface area contributed by atoms with Gasteiger partial charge in [-0.3, -0.25) is 14.8 Å². The number of amides is 1. The molecule has 2 N–H and O–H groups in total. The van der Waals surface area contributed by atoms with E-state index in [0.29, 0.717) is 30.6 Å². The number of carbonyl (C=O) groups excluding carboxylic acids is 1. The molecule has 1 aliphatic carbocycles. The van der Waals surface area contributed by atoms with E-state index in [2.05, 4.69) is 14.8 Å². The molecule has 2 fully saturated rings. The minimum Gasteiger partial charge on any atom is -0.378 e. The van der Waals surface area contributed by atoms with Gasteiger partial charge < -0.3 is 10.6 Å². The fourth-order valence-electron chi connectivity index (χ4n) is 5.32. The van der Waals surface area contributed by atoms with Gasteiger partial charge in [0.25, 0.3) is 0 Å². The lowest BCUT2D eigenvalue weighted by molar-refractivity contribution is -0.132. The van der Waals surface area contributed by atoms with E-state index in [0.717, 1.165) is 0 Å². The second kappa shape index (κ2) is 8.66. The Morgan fingerprint density at radius 2 is 2.14 bits per heavy atom. The van der Waals surface area contributed by atoms with Gasteiger partial charge in [-0.2, -0.15) is 0 Å². The normalized spacial score (nSPS) is 31.4. The maximum Gasteiger partial charge on any atom is 0.240 e. The van der Waals surface area contributed by atoms with Gasteiger partial charge >= 0.3 is 0 Å². The molecule has 1 amide bonds. The number of alkyl halides is 1. The number of rotatable bonds is 4. The number of pyridine rings is 1. The Morgan fingerprint density at radius 1 is 1.36 bits per heavy atom. The predicted molar refractivity (Wildman–Crippen MR) is 134 cm³/mol.